The summed E-state index contributed by atoms with van der Waals surface area (Å²) in [7, 11) is 0. The number of hydrogen-bond acceptors (Lipinski definition) is 4. The standard InChI is InChI=1S/C9H7BrF3NO4/c10-3-5-6(15)2-7(18-9(11,12)13)4(14-5)1-8(16)17/h2,15H,1,3H2,(H,16,17). The van der Waals surface area contributed by atoms with Gasteiger partial charge in [-0.1, -0.05) is 15.9 Å². The van der Waals surface area contributed by atoms with E-state index in [4.69, 9.17) is 5.11 Å². The molecule has 0 atom stereocenters. The van der Waals surface area contributed by atoms with Crippen LogP contribution in [0.25, 0.3) is 0 Å². The van der Waals surface area contributed by atoms with Gasteiger partial charge in [0.05, 0.1) is 17.8 Å². The monoisotopic (exact) mass is 329 g/mol. The number of hydrogen-bond donors (Lipinski definition) is 2. The van der Waals surface area contributed by atoms with Gasteiger partial charge in [-0.05, 0) is 0 Å². The fourth-order valence-corrected chi connectivity index (χ4v) is 1.56. The van der Waals surface area contributed by atoms with Crippen LogP contribution in [0.5, 0.6) is 11.5 Å². The Morgan fingerprint density at radius 3 is 2.50 bits per heavy atom. The Labute approximate surface area is 107 Å². The molecule has 0 saturated heterocycles. The average molecular weight is 330 g/mol. The summed E-state index contributed by atoms with van der Waals surface area (Å²) in [5, 5.41) is 18.0. The lowest BCUT2D eigenvalue weighted by atomic mass is 10.2. The summed E-state index contributed by atoms with van der Waals surface area (Å²) in [4.78, 5) is 14.1. The maximum Gasteiger partial charge on any atom is 0.573 e. The summed E-state index contributed by atoms with van der Waals surface area (Å²) in [6.45, 7) is 0. The van der Waals surface area contributed by atoms with Gasteiger partial charge in [-0.3, -0.25) is 4.79 Å². The molecule has 0 amide bonds. The predicted molar refractivity (Wildman–Crippen MR) is 56.6 cm³/mol. The first-order chi connectivity index (χ1) is 8.23. The number of carbonyl (C=O) groups is 1. The van der Waals surface area contributed by atoms with Gasteiger partial charge in [-0.15, -0.1) is 13.2 Å². The molecule has 18 heavy (non-hydrogen) atoms. The summed E-state index contributed by atoms with van der Waals surface area (Å²) >= 11 is 2.96. The molecular formula is C9H7BrF3NO4. The summed E-state index contributed by atoms with van der Waals surface area (Å²) in [5.41, 5.74) is -0.382. The predicted octanol–water partition coefficient (Wildman–Crippen LogP) is 2.21. The molecule has 1 heterocycles. The van der Waals surface area contributed by atoms with Gasteiger partial charge in [0, 0.05) is 11.4 Å². The first-order valence-corrected chi connectivity index (χ1v) is 5.60. The van der Waals surface area contributed by atoms with E-state index in [0.29, 0.717) is 6.07 Å². The highest BCUT2D eigenvalue weighted by atomic mass is 79.9. The fraction of sp³-hybridized carbons (Fsp3) is 0.333. The van der Waals surface area contributed by atoms with Gasteiger partial charge < -0.3 is 14.9 Å². The highest BCUT2D eigenvalue weighted by Gasteiger charge is 2.33. The summed E-state index contributed by atoms with van der Waals surface area (Å²) in [6.07, 6.45) is -5.73. The molecule has 0 spiro atoms. The molecule has 5 nitrogen and oxygen atoms in total. The van der Waals surface area contributed by atoms with Crippen LogP contribution in [0.2, 0.25) is 0 Å². The average Bonchev–Trinajstić information content (AvgIpc) is 2.19. The highest BCUT2D eigenvalue weighted by molar-refractivity contribution is 9.08. The lowest BCUT2D eigenvalue weighted by Gasteiger charge is -2.13. The van der Waals surface area contributed by atoms with Crippen molar-refractivity contribution < 1.29 is 32.9 Å². The molecule has 9 heteroatoms. The van der Waals surface area contributed by atoms with Crippen molar-refractivity contribution in [1.82, 2.24) is 4.98 Å². The molecule has 1 aromatic rings. The van der Waals surface area contributed by atoms with E-state index in [-0.39, 0.29) is 11.0 Å². The van der Waals surface area contributed by atoms with Crippen LogP contribution in [0.15, 0.2) is 6.07 Å². The largest absolute Gasteiger partial charge is 0.573 e. The molecule has 1 aromatic heterocycles. The van der Waals surface area contributed by atoms with Crippen LogP contribution in [-0.2, 0) is 16.5 Å². The smallest absolute Gasteiger partial charge is 0.506 e. The van der Waals surface area contributed by atoms with E-state index in [9.17, 15) is 23.1 Å². The van der Waals surface area contributed by atoms with Crippen LogP contribution in [0, 0.1) is 0 Å². The van der Waals surface area contributed by atoms with E-state index >= 15 is 0 Å². The molecule has 2 N–H and O–H groups in total. The van der Waals surface area contributed by atoms with Crippen molar-refractivity contribution in [2.45, 2.75) is 18.1 Å². The van der Waals surface area contributed by atoms with Crippen molar-refractivity contribution in [2.24, 2.45) is 0 Å². The lowest BCUT2D eigenvalue weighted by Crippen LogP contribution is -2.19. The van der Waals surface area contributed by atoms with Crippen molar-refractivity contribution in [3.8, 4) is 11.5 Å². The normalized spacial score (nSPS) is 11.3. The van der Waals surface area contributed by atoms with Gasteiger partial charge in [0.2, 0.25) is 0 Å². The zero-order valence-electron chi connectivity index (χ0n) is 8.66. The molecule has 0 bridgehead atoms. The van der Waals surface area contributed by atoms with Crippen LogP contribution in [-0.4, -0.2) is 27.5 Å². The number of aromatic hydroxyl groups is 1. The van der Waals surface area contributed by atoms with Crippen LogP contribution < -0.4 is 4.74 Å². The Hall–Kier alpha value is -1.51. The lowest BCUT2D eigenvalue weighted by molar-refractivity contribution is -0.275. The number of pyridine rings is 1. The second-order valence-corrected chi connectivity index (χ2v) is 3.71. The van der Waals surface area contributed by atoms with E-state index in [1.807, 2.05) is 0 Å². The molecule has 100 valence electrons. The number of aromatic nitrogens is 1. The molecule has 0 radical (unpaired) electrons. The molecular weight excluding hydrogens is 323 g/mol. The number of alkyl halides is 4. The van der Waals surface area contributed by atoms with Crippen molar-refractivity contribution in [3.63, 3.8) is 0 Å². The fourth-order valence-electron chi connectivity index (χ4n) is 1.15. The summed E-state index contributed by atoms with van der Waals surface area (Å²) in [5.74, 6) is -2.70. The minimum Gasteiger partial charge on any atom is -0.506 e. The maximum atomic E-state index is 12.1. The van der Waals surface area contributed by atoms with E-state index in [2.05, 4.69) is 25.7 Å². The Balaban J connectivity index is 3.20. The quantitative estimate of drug-likeness (QED) is 0.828. The van der Waals surface area contributed by atoms with Crippen LogP contribution in [0.4, 0.5) is 13.2 Å². The van der Waals surface area contributed by atoms with Crippen LogP contribution in [0.3, 0.4) is 0 Å². The Bertz CT molecular complexity index is 464. The SMILES string of the molecule is O=C(O)Cc1nc(CBr)c(O)cc1OC(F)(F)F. The number of nitrogens with zero attached hydrogens (tertiary/aromatic N) is 1. The van der Waals surface area contributed by atoms with Gasteiger partial charge in [-0.25, -0.2) is 4.98 Å². The minimum atomic E-state index is -4.99. The number of carboxylic acid groups (broad SMARTS) is 1. The van der Waals surface area contributed by atoms with Gasteiger partial charge in [0.1, 0.15) is 5.75 Å². The second kappa shape index (κ2) is 5.42. The number of rotatable bonds is 4. The Kier molecular flexibility index (Phi) is 4.38. The van der Waals surface area contributed by atoms with E-state index in [1.54, 1.807) is 0 Å². The number of ether oxygens (including phenoxy) is 1. The van der Waals surface area contributed by atoms with E-state index in [0.717, 1.165) is 0 Å². The van der Waals surface area contributed by atoms with Gasteiger partial charge in [-0.2, -0.15) is 0 Å². The van der Waals surface area contributed by atoms with E-state index in [1.165, 1.54) is 0 Å². The van der Waals surface area contributed by atoms with Crippen molar-refractivity contribution in [2.75, 3.05) is 0 Å². The van der Waals surface area contributed by atoms with E-state index < -0.39 is 35.9 Å². The minimum absolute atomic E-state index is 0.0285. The second-order valence-electron chi connectivity index (χ2n) is 3.15. The van der Waals surface area contributed by atoms with Gasteiger partial charge in [0.25, 0.3) is 0 Å². The Morgan fingerprint density at radius 2 is 2.06 bits per heavy atom. The topological polar surface area (TPSA) is 79.7 Å². The molecule has 1 rings (SSSR count). The number of carboxylic acids is 1. The van der Waals surface area contributed by atoms with Crippen LogP contribution in [0.1, 0.15) is 11.4 Å². The highest BCUT2D eigenvalue weighted by Crippen LogP contribution is 2.31. The molecule has 0 fully saturated rings. The van der Waals surface area contributed by atoms with Gasteiger partial charge >= 0.3 is 12.3 Å². The molecule has 0 aliphatic carbocycles. The molecule has 0 aliphatic rings. The first-order valence-electron chi connectivity index (χ1n) is 4.48. The molecule has 0 aromatic carbocycles. The maximum absolute atomic E-state index is 12.1. The van der Waals surface area contributed by atoms with Gasteiger partial charge in [0.15, 0.2) is 5.75 Å². The Morgan fingerprint density at radius 1 is 1.44 bits per heavy atom. The van der Waals surface area contributed by atoms with Crippen molar-refractivity contribution in [3.05, 3.63) is 17.5 Å². The third-order valence-corrected chi connectivity index (χ3v) is 2.32. The summed E-state index contributed by atoms with van der Waals surface area (Å²) in [6, 6.07) is 0.690. The number of aliphatic carboxylic acids is 1. The molecule has 0 saturated carbocycles. The number of halogens is 4. The third kappa shape index (κ3) is 4.06. The zero-order chi connectivity index (χ0) is 13.9. The van der Waals surface area contributed by atoms with Crippen molar-refractivity contribution >= 4 is 21.9 Å². The first kappa shape index (κ1) is 14.6. The molecule has 0 unspecified atom stereocenters. The third-order valence-electron chi connectivity index (χ3n) is 1.79. The zero-order valence-corrected chi connectivity index (χ0v) is 10.2. The molecule has 0 aliphatic heterocycles. The van der Waals surface area contributed by atoms with Crippen LogP contribution >= 0.6 is 15.9 Å². The van der Waals surface area contributed by atoms with Crippen molar-refractivity contribution in [1.29, 1.82) is 0 Å². The summed E-state index contributed by atoms with van der Waals surface area (Å²) < 4.78 is 39.9.